The van der Waals surface area contributed by atoms with Gasteiger partial charge in [-0.05, 0) is 6.42 Å². The monoisotopic (exact) mass is 232 g/mol. The van der Waals surface area contributed by atoms with Crippen molar-refractivity contribution < 1.29 is 19.4 Å². The predicted molar refractivity (Wildman–Crippen MR) is 62.4 cm³/mol. The van der Waals surface area contributed by atoms with Crippen molar-refractivity contribution >= 4 is 5.78 Å². The van der Waals surface area contributed by atoms with E-state index in [0.717, 1.165) is 0 Å². The Kier molecular flexibility index (Phi) is 7.55. The molecule has 0 fully saturated rings. The summed E-state index contributed by atoms with van der Waals surface area (Å²) in [5.41, 5.74) is -0.323. The van der Waals surface area contributed by atoms with Crippen LogP contribution in [0.25, 0.3) is 0 Å². The molecular formula is C12H24O4. The fourth-order valence-electron chi connectivity index (χ4n) is 1.12. The van der Waals surface area contributed by atoms with E-state index in [9.17, 15) is 9.90 Å². The van der Waals surface area contributed by atoms with Crippen molar-refractivity contribution in [2.24, 2.45) is 5.41 Å². The van der Waals surface area contributed by atoms with E-state index in [4.69, 9.17) is 9.47 Å². The van der Waals surface area contributed by atoms with Crippen LogP contribution in [0, 0.1) is 5.41 Å². The van der Waals surface area contributed by atoms with Gasteiger partial charge in [0.2, 0.25) is 0 Å². The maximum atomic E-state index is 11.6. The summed E-state index contributed by atoms with van der Waals surface area (Å²) in [7, 11) is 1.60. The topological polar surface area (TPSA) is 55.8 Å². The third-order valence-electron chi connectivity index (χ3n) is 2.28. The molecule has 4 nitrogen and oxygen atoms in total. The van der Waals surface area contributed by atoms with Gasteiger partial charge in [0, 0.05) is 18.9 Å². The van der Waals surface area contributed by atoms with E-state index in [1.807, 2.05) is 20.8 Å². The molecule has 16 heavy (non-hydrogen) atoms. The fourth-order valence-corrected chi connectivity index (χ4v) is 1.12. The Hall–Kier alpha value is -0.450. The Balaban J connectivity index is 3.57. The van der Waals surface area contributed by atoms with Gasteiger partial charge in [0.15, 0.2) is 0 Å². The van der Waals surface area contributed by atoms with Gasteiger partial charge in [0.05, 0.1) is 25.9 Å². The summed E-state index contributed by atoms with van der Waals surface area (Å²) in [6.07, 6.45) is 0.296. The summed E-state index contributed by atoms with van der Waals surface area (Å²) in [6, 6.07) is 0. The normalized spacial score (nSPS) is 13.8. The summed E-state index contributed by atoms with van der Waals surface area (Å²) >= 11 is 0. The molecule has 0 spiro atoms. The standard InChI is InChI=1S/C12H24O4/c1-12(2,3)11(14)6-5-10(13)9-16-8-7-15-4/h10,13H,5-9H2,1-4H3. The van der Waals surface area contributed by atoms with E-state index in [1.54, 1.807) is 7.11 Å². The number of ketones is 1. The van der Waals surface area contributed by atoms with Crippen LogP contribution in [0.2, 0.25) is 0 Å². The predicted octanol–water partition coefficient (Wildman–Crippen LogP) is 1.41. The second-order valence-corrected chi connectivity index (χ2v) is 4.93. The van der Waals surface area contributed by atoms with Crippen molar-refractivity contribution in [2.75, 3.05) is 26.9 Å². The Morgan fingerprint density at radius 2 is 1.94 bits per heavy atom. The third kappa shape index (κ3) is 7.79. The van der Waals surface area contributed by atoms with Crippen LogP contribution in [0.3, 0.4) is 0 Å². The highest BCUT2D eigenvalue weighted by atomic mass is 16.5. The minimum absolute atomic E-state index is 0.170. The maximum absolute atomic E-state index is 11.6. The van der Waals surface area contributed by atoms with Crippen LogP contribution in [0.4, 0.5) is 0 Å². The lowest BCUT2D eigenvalue weighted by Gasteiger charge is -2.17. The van der Waals surface area contributed by atoms with Crippen LogP contribution in [-0.4, -0.2) is 43.9 Å². The van der Waals surface area contributed by atoms with Gasteiger partial charge in [-0.3, -0.25) is 4.79 Å². The molecule has 0 aromatic heterocycles. The molecular weight excluding hydrogens is 208 g/mol. The Bertz CT molecular complexity index is 196. The average Bonchev–Trinajstić information content (AvgIpc) is 2.19. The fraction of sp³-hybridized carbons (Fsp3) is 0.917. The first kappa shape index (κ1) is 15.6. The lowest BCUT2D eigenvalue weighted by Crippen LogP contribution is -2.23. The molecule has 0 saturated heterocycles. The van der Waals surface area contributed by atoms with Crippen LogP contribution in [-0.2, 0) is 14.3 Å². The molecule has 1 atom stereocenters. The molecule has 96 valence electrons. The first-order valence-corrected chi connectivity index (χ1v) is 5.66. The highest BCUT2D eigenvalue weighted by molar-refractivity contribution is 5.83. The maximum Gasteiger partial charge on any atom is 0.138 e. The average molecular weight is 232 g/mol. The van der Waals surface area contributed by atoms with Gasteiger partial charge >= 0.3 is 0 Å². The molecule has 0 bridgehead atoms. The molecule has 0 amide bonds. The van der Waals surface area contributed by atoms with E-state index in [-0.39, 0.29) is 17.8 Å². The highest BCUT2D eigenvalue weighted by Crippen LogP contribution is 2.18. The van der Waals surface area contributed by atoms with Gasteiger partial charge in [-0.1, -0.05) is 20.8 Å². The molecule has 0 aromatic rings. The first-order chi connectivity index (χ1) is 7.38. The number of Topliss-reactive ketones (excluding diaryl/α,β-unsaturated/α-hetero) is 1. The number of rotatable bonds is 8. The smallest absolute Gasteiger partial charge is 0.138 e. The molecule has 0 aliphatic carbocycles. The highest BCUT2D eigenvalue weighted by Gasteiger charge is 2.21. The summed E-state index contributed by atoms with van der Waals surface area (Å²) in [4.78, 5) is 11.6. The minimum Gasteiger partial charge on any atom is -0.391 e. The van der Waals surface area contributed by atoms with Gasteiger partial charge in [0.25, 0.3) is 0 Å². The number of carbonyl (C=O) groups excluding carboxylic acids is 1. The van der Waals surface area contributed by atoms with Crippen LogP contribution in [0.1, 0.15) is 33.6 Å². The number of methoxy groups -OCH3 is 1. The summed E-state index contributed by atoms with van der Waals surface area (Å²) in [5.74, 6) is 0.170. The van der Waals surface area contributed by atoms with E-state index >= 15 is 0 Å². The number of hydrogen-bond donors (Lipinski definition) is 1. The summed E-state index contributed by atoms with van der Waals surface area (Å²) in [5, 5.41) is 9.55. The minimum atomic E-state index is -0.567. The van der Waals surface area contributed by atoms with Crippen molar-refractivity contribution in [1.82, 2.24) is 0 Å². The number of carbonyl (C=O) groups is 1. The SMILES string of the molecule is COCCOCC(O)CCC(=O)C(C)(C)C. The number of hydrogen-bond acceptors (Lipinski definition) is 4. The molecule has 1 unspecified atom stereocenters. The summed E-state index contributed by atoms with van der Waals surface area (Å²) < 4.78 is 9.97. The molecule has 1 N–H and O–H groups in total. The van der Waals surface area contributed by atoms with Crippen LogP contribution >= 0.6 is 0 Å². The van der Waals surface area contributed by atoms with Crippen molar-refractivity contribution in [3.05, 3.63) is 0 Å². The zero-order chi connectivity index (χ0) is 12.6. The van der Waals surface area contributed by atoms with Gasteiger partial charge in [0.1, 0.15) is 5.78 Å². The van der Waals surface area contributed by atoms with Crippen LogP contribution in [0.5, 0.6) is 0 Å². The summed E-state index contributed by atoms with van der Waals surface area (Å²) in [6.45, 7) is 6.92. The number of aliphatic hydroxyl groups is 1. The van der Waals surface area contributed by atoms with Crippen LogP contribution in [0.15, 0.2) is 0 Å². The second-order valence-electron chi connectivity index (χ2n) is 4.93. The third-order valence-corrected chi connectivity index (χ3v) is 2.28. The van der Waals surface area contributed by atoms with Crippen molar-refractivity contribution in [1.29, 1.82) is 0 Å². The lowest BCUT2D eigenvalue weighted by atomic mass is 9.88. The van der Waals surface area contributed by atoms with E-state index in [2.05, 4.69) is 0 Å². The Morgan fingerprint density at radius 3 is 2.44 bits per heavy atom. The lowest BCUT2D eigenvalue weighted by molar-refractivity contribution is -0.127. The molecule has 0 aliphatic rings. The van der Waals surface area contributed by atoms with E-state index in [0.29, 0.717) is 26.1 Å². The van der Waals surface area contributed by atoms with E-state index < -0.39 is 6.10 Å². The van der Waals surface area contributed by atoms with Gasteiger partial charge in [-0.15, -0.1) is 0 Å². The van der Waals surface area contributed by atoms with E-state index in [1.165, 1.54) is 0 Å². The quantitative estimate of drug-likeness (QED) is 0.643. The van der Waals surface area contributed by atoms with Crippen molar-refractivity contribution in [2.45, 2.75) is 39.7 Å². The van der Waals surface area contributed by atoms with Gasteiger partial charge in [-0.25, -0.2) is 0 Å². The Morgan fingerprint density at radius 1 is 1.31 bits per heavy atom. The molecule has 0 radical (unpaired) electrons. The van der Waals surface area contributed by atoms with Crippen LogP contribution < -0.4 is 0 Å². The number of aliphatic hydroxyl groups excluding tert-OH is 1. The zero-order valence-electron chi connectivity index (χ0n) is 10.8. The Labute approximate surface area is 97.9 Å². The number of ether oxygens (including phenoxy) is 2. The van der Waals surface area contributed by atoms with Crippen molar-refractivity contribution in [3.8, 4) is 0 Å². The molecule has 0 saturated carbocycles. The first-order valence-electron chi connectivity index (χ1n) is 5.66. The molecule has 0 aliphatic heterocycles. The molecule has 0 aromatic carbocycles. The van der Waals surface area contributed by atoms with Crippen molar-refractivity contribution in [3.63, 3.8) is 0 Å². The van der Waals surface area contributed by atoms with Gasteiger partial charge < -0.3 is 14.6 Å². The molecule has 0 rings (SSSR count). The zero-order valence-corrected chi connectivity index (χ0v) is 10.8. The van der Waals surface area contributed by atoms with Gasteiger partial charge in [-0.2, -0.15) is 0 Å². The largest absolute Gasteiger partial charge is 0.391 e. The second kappa shape index (κ2) is 7.76. The molecule has 4 heteroatoms. The molecule has 0 heterocycles.